The molecular weight excluding hydrogens is 178 g/mol. The highest BCUT2D eigenvalue weighted by Gasteiger charge is 2.05. The number of aliphatic hydroxyl groups is 2. The lowest BCUT2D eigenvalue weighted by Crippen LogP contribution is -2.15. The molecular formula is C11H17NO2. The molecule has 0 aromatic heterocycles. The fourth-order valence-electron chi connectivity index (χ4n) is 1.40. The van der Waals surface area contributed by atoms with E-state index in [1.54, 1.807) is 6.92 Å². The van der Waals surface area contributed by atoms with Crippen molar-refractivity contribution in [3.63, 3.8) is 0 Å². The van der Waals surface area contributed by atoms with Crippen molar-refractivity contribution in [1.82, 2.24) is 0 Å². The third-order valence-electron chi connectivity index (χ3n) is 2.11. The fourth-order valence-corrected chi connectivity index (χ4v) is 1.40. The van der Waals surface area contributed by atoms with Crippen LogP contribution in [-0.4, -0.2) is 22.9 Å². The fraction of sp³-hybridized carbons (Fsp3) is 0.455. The minimum absolute atomic E-state index is 0.0574. The molecule has 0 fully saturated rings. The first-order valence-corrected chi connectivity index (χ1v) is 4.77. The van der Waals surface area contributed by atoms with Gasteiger partial charge < -0.3 is 15.9 Å². The van der Waals surface area contributed by atoms with Gasteiger partial charge in [-0.15, -0.1) is 0 Å². The Hall–Kier alpha value is -0.900. The lowest BCUT2D eigenvalue weighted by atomic mass is 10.0. The van der Waals surface area contributed by atoms with Gasteiger partial charge in [0.25, 0.3) is 0 Å². The Morgan fingerprint density at radius 1 is 1.43 bits per heavy atom. The maximum atomic E-state index is 9.21. The average Bonchev–Trinajstić information content (AvgIpc) is 2.16. The maximum absolute atomic E-state index is 9.21. The van der Waals surface area contributed by atoms with Gasteiger partial charge in [-0.3, -0.25) is 0 Å². The van der Waals surface area contributed by atoms with Gasteiger partial charge in [-0.05, 0) is 24.5 Å². The van der Waals surface area contributed by atoms with Gasteiger partial charge in [0, 0.05) is 0 Å². The van der Waals surface area contributed by atoms with E-state index in [9.17, 15) is 5.11 Å². The Bertz CT molecular complexity index is 286. The summed E-state index contributed by atoms with van der Waals surface area (Å²) in [5, 5.41) is 18.1. The average molecular weight is 195 g/mol. The quantitative estimate of drug-likeness (QED) is 0.659. The molecule has 14 heavy (non-hydrogen) atoms. The van der Waals surface area contributed by atoms with Crippen LogP contribution in [0, 0.1) is 0 Å². The van der Waals surface area contributed by atoms with Crippen molar-refractivity contribution in [2.24, 2.45) is 5.73 Å². The van der Waals surface area contributed by atoms with E-state index in [2.05, 4.69) is 0 Å². The Morgan fingerprint density at radius 2 is 2.14 bits per heavy atom. The molecule has 0 bridgehead atoms. The highest BCUT2D eigenvalue weighted by atomic mass is 16.3. The van der Waals surface area contributed by atoms with E-state index in [4.69, 9.17) is 10.8 Å². The highest BCUT2D eigenvalue weighted by molar-refractivity contribution is 5.26. The third-order valence-corrected chi connectivity index (χ3v) is 2.11. The second kappa shape index (κ2) is 5.10. The van der Waals surface area contributed by atoms with Crippen molar-refractivity contribution in [3.05, 3.63) is 35.4 Å². The lowest BCUT2D eigenvalue weighted by Gasteiger charge is -2.11. The first-order chi connectivity index (χ1) is 6.63. The molecule has 0 aliphatic heterocycles. The van der Waals surface area contributed by atoms with E-state index in [-0.39, 0.29) is 18.8 Å². The number of rotatable bonds is 4. The van der Waals surface area contributed by atoms with Crippen molar-refractivity contribution in [3.8, 4) is 0 Å². The second-order valence-electron chi connectivity index (χ2n) is 3.59. The lowest BCUT2D eigenvalue weighted by molar-refractivity contribution is 0.195. The topological polar surface area (TPSA) is 66.5 Å². The standard InChI is InChI=1S/C11H17NO2/c1-8(14)5-9-3-2-4-10(6-9)11(12)7-13/h2-4,6,8,11,13-14H,5,7,12H2,1H3. The molecule has 78 valence electrons. The monoisotopic (exact) mass is 195 g/mol. The minimum atomic E-state index is -0.351. The second-order valence-corrected chi connectivity index (χ2v) is 3.59. The predicted molar refractivity (Wildman–Crippen MR) is 55.8 cm³/mol. The third kappa shape index (κ3) is 3.10. The van der Waals surface area contributed by atoms with Gasteiger partial charge in [0.1, 0.15) is 0 Å². The molecule has 0 heterocycles. The molecule has 2 atom stereocenters. The normalized spacial score (nSPS) is 15.1. The Balaban J connectivity index is 2.78. The minimum Gasteiger partial charge on any atom is -0.394 e. The van der Waals surface area contributed by atoms with Crippen molar-refractivity contribution >= 4 is 0 Å². The van der Waals surface area contributed by atoms with Gasteiger partial charge in [0.2, 0.25) is 0 Å². The summed E-state index contributed by atoms with van der Waals surface area (Å²) < 4.78 is 0. The van der Waals surface area contributed by atoms with E-state index < -0.39 is 0 Å². The van der Waals surface area contributed by atoms with Crippen LogP contribution in [0.4, 0.5) is 0 Å². The van der Waals surface area contributed by atoms with Gasteiger partial charge in [0.05, 0.1) is 18.8 Å². The Kier molecular flexibility index (Phi) is 4.07. The smallest absolute Gasteiger partial charge is 0.0624 e. The first kappa shape index (κ1) is 11.2. The van der Waals surface area contributed by atoms with Crippen LogP contribution in [-0.2, 0) is 6.42 Å². The molecule has 0 saturated heterocycles. The van der Waals surface area contributed by atoms with E-state index in [1.165, 1.54) is 0 Å². The molecule has 0 aliphatic carbocycles. The molecule has 3 nitrogen and oxygen atoms in total. The van der Waals surface area contributed by atoms with Crippen molar-refractivity contribution in [2.45, 2.75) is 25.5 Å². The summed E-state index contributed by atoms with van der Waals surface area (Å²) >= 11 is 0. The summed E-state index contributed by atoms with van der Waals surface area (Å²) in [7, 11) is 0. The molecule has 1 rings (SSSR count). The molecule has 0 aliphatic rings. The molecule has 0 saturated carbocycles. The van der Waals surface area contributed by atoms with Crippen LogP contribution < -0.4 is 5.73 Å². The number of benzene rings is 1. The molecule has 0 amide bonds. The van der Waals surface area contributed by atoms with E-state index in [0.717, 1.165) is 11.1 Å². The molecule has 3 heteroatoms. The largest absolute Gasteiger partial charge is 0.394 e. The van der Waals surface area contributed by atoms with Crippen molar-refractivity contribution in [1.29, 1.82) is 0 Å². The van der Waals surface area contributed by atoms with Crippen LogP contribution in [0.2, 0.25) is 0 Å². The number of aliphatic hydroxyl groups excluding tert-OH is 2. The summed E-state index contributed by atoms with van der Waals surface area (Å²) in [6, 6.07) is 7.31. The van der Waals surface area contributed by atoms with Gasteiger partial charge in [0.15, 0.2) is 0 Å². The van der Waals surface area contributed by atoms with Crippen LogP contribution in [0.25, 0.3) is 0 Å². The highest BCUT2D eigenvalue weighted by Crippen LogP contribution is 2.13. The molecule has 4 N–H and O–H groups in total. The molecule has 0 radical (unpaired) electrons. The Morgan fingerprint density at radius 3 is 2.71 bits per heavy atom. The zero-order chi connectivity index (χ0) is 10.6. The van der Waals surface area contributed by atoms with Gasteiger partial charge >= 0.3 is 0 Å². The van der Waals surface area contributed by atoms with Crippen LogP contribution in [0.1, 0.15) is 24.1 Å². The van der Waals surface area contributed by atoms with Crippen molar-refractivity contribution in [2.75, 3.05) is 6.61 Å². The molecule has 2 unspecified atom stereocenters. The number of nitrogens with two attached hydrogens (primary N) is 1. The van der Waals surface area contributed by atoms with Gasteiger partial charge in [-0.1, -0.05) is 24.3 Å². The summed E-state index contributed by atoms with van der Waals surface area (Å²) in [5.41, 5.74) is 7.63. The van der Waals surface area contributed by atoms with Gasteiger partial charge in [-0.2, -0.15) is 0 Å². The van der Waals surface area contributed by atoms with Crippen LogP contribution in [0.3, 0.4) is 0 Å². The molecule has 1 aromatic rings. The Labute approximate surface area is 84.2 Å². The van der Waals surface area contributed by atoms with Crippen LogP contribution in [0.15, 0.2) is 24.3 Å². The summed E-state index contributed by atoms with van der Waals surface area (Å²) in [4.78, 5) is 0. The zero-order valence-corrected chi connectivity index (χ0v) is 8.35. The number of hydrogen-bond acceptors (Lipinski definition) is 3. The summed E-state index contributed by atoms with van der Waals surface area (Å²) in [6.07, 6.45) is 0.266. The van der Waals surface area contributed by atoms with Gasteiger partial charge in [-0.25, -0.2) is 0 Å². The molecule has 1 aromatic carbocycles. The SMILES string of the molecule is CC(O)Cc1cccc(C(N)CO)c1. The zero-order valence-electron chi connectivity index (χ0n) is 8.35. The summed E-state index contributed by atoms with van der Waals surface area (Å²) in [6.45, 7) is 1.69. The van der Waals surface area contributed by atoms with Crippen LogP contribution >= 0.6 is 0 Å². The van der Waals surface area contributed by atoms with Crippen molar-refractivity contribution < 1.29 is 10.2 Å². The summed E-state index contributed by atoms with van der Waals surface area (Å²) in [5.74, 6) is 0. The van der Waals surface area contributed by atoms with Crippen LogP contribution in [0.5, 0.6) is 0 Å². The molecule has 0 spiro atoms. The maximum Gasteiger partial charge on any atom is 0.0624 e. The van der Waals surface area contributed by atoms with E-state index >= 15 is 0 Å². The first-order valence-electron chi connectivity index (χ1n) is 4.77. The number of hydrogen-bond donors (Lipinski definition) is 3. The van der Waals surface area contributed by atoms with E-state index in [1.807, 2.05) is 24.3 Å². The predicted octanol–water partition coefficient (Wildman–Crippen LogP) is 0.602. The van der Waals surface area contributed by atoms with E-state index in [0.29, 0.717) is 6.42 Å².